The zero-order valence-electron chi connectivity index (χ0n) is 21.9. The van der Waals surface area contributed by atoms with E-state index in [9.17, 15) is 5.11 Å². The quantitative estimate of drug-likeness (QED) is 0.199. The molecule has 0 spiro atoms. The summed E-state index contributed by atoms with van der Waals surface area (Å²) in [6.07, 6.45) is -0.882. The second-order valence-electron chi connectivity index (χ2n) is 9.22. The number of fused-ring (bicyclic) bond motifs is 3. The molecule has 1 aliphatic rings. The molecule has 2 unspecified atom stereocenters. The highest BCUT2D eigenvalue weighted by molar-refractivity contribution is 6.31. The first-order chi connectivity index (χ1) is 19.0. The number of aromatic nitrogens is 1. The fourth-order valence-corrected chi connectivity index (χ4v) is 5.30. The summed E-state index contributed by atoms with van der Waals surface area (Å²) >= 11 is 12.4. The summed E-state index contributed by atoms with van der Waals surface area (Å²) in [4.78, 5) is 5.52. The number of H-pyrrole nitrogens is 1. The summed E-state index contributed by atoms with van der Waals surface area (Å²) in [6, 6.07) is 20.4. The van der Waals surface area contributed by atoms with Gasteiger partial charge in [0.2, 0.25) is 0 Å². The summed E-state index contributed by atoms with van der Waals surface area (Å²) < 4.78 is 23.0. The molecular weight excluding hydrogens is 539 g/mol. The largest absolute Gasteiger partial charge is 0.488 e. The third-order valence-corrected chi connectivity index (χ3v) is 7.24. The van der Waals surface area contributed by atoms with Gasteiger partial charge in [-0.25, -0.2) is 4.90 Å². The number of aromatic amines is 1. The molecule has 0 bridgehead atoms. The van der Waals surface area contributed by atoms with Crippen molar-refractivity contribution in [2.75, 3.05) is 26.4 Å². The molecule has 5 rings (SSSR count). The van der Waals surface area contributed by atoms with E-state index < -0.39 is 12.7 Å². The van der Waals surface area contributed by atoms with Crippen LogP contribution in [0.15, 0.2) is 66.7 Å². The molecule has 1 aliphatic heterocycles. The van der Waals surface area contributed by atoms with Gasteiger partial charge in [-0.2, -0.15) is 0 Å². The summed E-state index contributed by atoms with van der Waals surface area (Å²) in [5.41, 5.74) is 4.16. The lowest BCUT2D eigenvalue weighted by Gasteiger charge is -2.38. The van der Waals surface area contributed by atoms with E-state index in [0.717, 1.165) is 28.6 Å². The van der Waals surface area contributed by atoms with Crippen LogP contribution < -0.4 is 9.47 Å². The lowest BCUT2D eigenvalue weighted by molar-refractivity contribution is -0.152. The van der Waals surface area contributed by atoms with Crippen LogP contribution >= 0.6 is 23.2 Å². The smallest absolute Gasteiger partial charge is 0.260 e. The maximum atomic E-state index is 11.3. The molecule has 9 heteroatoms. The lowest BCUT2D eigenvalue weighted by Crippen LogP contribution is -2.46. The number of aliphatic hydroxyl groups excluding tert-OH is 1. The van der Waals surface area contributed by atoms with Crippen molar-refractivity contribution in [2.24, 2.45) is 0 Å². The number of aliphatic hydroxyl groups is 1. The molecule has 0 aliphatic carbocycles. The third-order valence-electron chi connectivity index (χ3n) is 6.75. The van der Waals surface area contributed by atoms with Crippen molar-refractivity contribution in [3.63, 3.8) is 0 Å². The summed E-state index contributed by atoms with van der Waals surface area (Å²) in [6.45, 7) is 5.81. The van der Waals surface area contributed by atoms with Gasteiger partial charge in [-0.1, -0.05) is 35.3 Å². The van der Waals surface area contributed by atoms with Crippen LogP contribution in [0.25, 0.3) is 10.9 Å². The average Bonchev–Trinajstić information content (AvgIpc) is 3.31. The molecule has 3 aromatic carbocycles. The van der Waals surface area contributed by atoms with Crippen LogP contribution in [-0.2, 0) is 15.9 Å². The SMILES string of the molecule is CCOC(COc1ccc(C2c3[nH]c4ccc(Cl)cc4c3CCN2C(O)Oc2ccc(Cl)cc2)cc1)OCC. The van der Waals surface area contributed by atoms with Crippen molar-refractivity contribution < 1.29 is 24.1 Å². The summed E-state index contributed by atoms with van der Waals surface area (Å²) in [5, 5.41) is 13.6. The molecule has 0 fully saturated rings. The number of benzene rings is 3. The molecule has 0 saturated heterocycles. The van der Waals surface area contributed by atoms with Crippen LogP contribution in [0.5, 0.6) is 11.5 Å². The first-order valence-corrected chi connectivity index (χ1v) is 13.8. The minimum absolute atomic E-state index is 0.289. The van der Waals surface area contributed by atoms with Crippen molar-refractivity contribution in [2.45, 2.75) is 39.0 Å². The third kappa shape index (κ3) is 6.35. The summed E-state index contributed by atoms with van der Waals surface area (Å²) in [7, 11) is 0. The zero-order chi connectivity index (χ0) is 27.4. The normalized spacial score (nSPS) is 16.4. The zero-order valence-corrected chi connectivity index (χ0v) is 23.4. The number of nitrogens with one attached hydrogen (secondary N) is 1. The minimum Gasteiger partial charge on any atom is -0.488 e. The van der Waals surface area contributed by atoms with Gasteiger partial charge >= 0.3 is 0 Å². The maximum Gasteiger partial charge on any atom is 0.260 e. The van der Waals surface area contributed by atoms with E-state index in [2.05, 4.69) is 4.98 Å². The topological polar surface area (TPSA) is 76.2 Å². The molecule has 39 heavy (non-hydrogen) atoms. The predicted octanol–water partition coefficient (Wildman–Crippen LogP) is 6.56. The highest BCUT2D eigenvalue weighted by Crippen LogP contribution is 2.40. The van der Waals surface area contributed by atoms with Crippen molar-refractivity contribution in [1.29, 1.82) is 0 Å². The van der Waals surface area contributed by atoms with Crippen LogP contribution in [0.2, 0.25) is 10.0 Å². The molecule has 0 amide bonds. The molecule has 7 nitrogen and oxygen atoms in total. The van der Waals surface area contributed by atoms with Crippen LogP contribution in [0.3, 0.4) is 0 Å². The molecular formula is C30H32Cl2N2O5. The van der Waals surface area contributed by atoms with E-state index in [1.807, 2.05) is 61.2 Å². The van der Waals surface area contributed by atoms with E-state index >= 15 is 0 Å². The van der Waals surface area contributed by atoms with Crippen LogP contribution in [0.1, 0.15) is 36.7 Å². The van der Waals surface area contributed by atoms with Crippen LogP contribution in [-0.4, -0.2) is 54.1 Å². The second kappa shape index (κ2) is 12.6. The Bertz CT molecular complexity index is 1370. The van der Waals surface area contributed by atoms with Crippen molar-refractivity contribution in [3.8, 4) is 11.5 Å². The predicted molar refractivity (Wildman–Crippen MR) is 153 cm³/mol. The van der Waals surface area contributed by atoms with Crippen LogP contribution in [0.4, 0.5) is 0 Å². The van der Waals surface area contributed by atoms with Crippen LogP contribution in [0, 0.1) is 0 Å². The number of rotatable bonds is 11. The number of hydrogen-bond donors (Lipinski definition) is 2. The Morgan fingerprint density at radius 2 is 1.59 bits per heavy atom. The number of halogens is 2. The van der Waals surface area contributed by atoms with E-state index in [4.69, 9.17) is 42.1 Å². The standard InChI is InChI=1S/C30H32Cl2N2O5/c1-3-36-27(37-4-2)18-38-22-10-5-19(6-11-22)29-28-24(25-17-21(32)9-14-26(25)33-28)15-16-34(29)30(35)39-23-12-7-20(31)8-13-23/h5-14,17,27,29-30,33,35H,3-4,15-16,18H2,1-2H3. The van der Waals surface area contributed by atoms with Gasteiger partial charge in [-0.3, -0.25) is 0 Å². The Labute approximate surface area is 238 Å². The van der Waals surface area contributed by atoms with Gasteiger partial charge in [0.25, 0.3) is 6.41 Å². The molecule has 4 aromatic rings. The van der Waals surface area contributed by atoms with Gasteiger partial charge in [0.15, 0.2) is 6.29 Å². The highest BCUT2D eigenvalue weighted by atomic mass is 35.5. The Balaban J connectivity index is 1.44. The molecule has 206 valence electrons. The van der Waals surface area contributed by atoms with Crippen molar-refractivity contribution in [1.82, 2.24) is 9.88 Å². The highest BCUT2D eigenvalue weighted by Gasteiger charge is 2.36. The van der Waals surface area contributed by atoms with E-state index in [0.29, 0.717) is 41.3 Å². The molecule has 0 radical (unpaired) electrons. The van der Waals surface area contributed by atoms with E-state index in [-0.39, 0.29) is 12.6 Å². The van der Waals surface area contributed by atoms with Crippen molar-refractivity contribution in [3.05, 3.63) is 93.6 Å². The van der Waals surface area contributed by atoms with Gasteiger partial charge < -0.3 is 29.0 Å². The number of nitrogens with zero attached hydrogens (tertiary/aromatic N) is 1. The van der Waals surface area contributed by atoms with E-state index in [1.165, 1.54) is 5.56 Å². The fraction of sp³-hybridized carbons (Fsp3) is 0.333. The minimum atomic E-state index is -1.19. The maximum absolute atomic E-state index is 11.3. The Hall–Kier alpha value is -2.78. The molecule has 2 N–H and O–H groups in total. The molecule has 0 saturated carbocycles. The van der Waals surface area contributed by atoms with Gasteiger partial charge in [0.05, 0.1) is 6.04 Å². The molecule has 2 heterocycles. The number of ether oxygens (including phenoxy) is 4. The summed E-state index contributed by atoms with van der Waals surface area (Å²) in [5.74, 6) is 1.23. The Kier molecular flexibility index (Phi) is 8.97. The fourth-order valence-electron chi connectivity index (χ4n) is 5.00. The number of hydrogen-bond acceptors (Lipinski definition) is 6. The van der Waals surface area contributed by atoms with Gasteiger partial charge in [0.1, 0.15) is 18.1 Å². The first kappa shape index (κ1) is 27.8. The second-order valence-corrected chi connectivity index (χ2v) is 10.1. The average molecular weight is 572 g/mol. The lowest BCUT2D eigenvalue weighted by atomic mass is 9.92. The molecule has 1 aromatic heterocycles. The van der Waals surface area contributed by atoms with E-state index in [1.54, 1.807) is 24.3 Å². The van der Waals surface area contributed by atoms with Gasteiger partial charge in [-0.15, -0.1) is 0 Å². The Morgan fingerprint density at radius 1 is 0.923 bits per heavy atom. The van der Waals surface area contributed by atoms with Crippen molar-refractivity contribution >= 4 is 34.1 Å². The monoisotopic (exact) mass is 570 g/mol. The Morgan fingerprint density at radius 3 is 2.28 bits per heavy atom. The van der Waals surface area contributed by atoms with Gasteiger partial charge in [-0.05, 0) is 86.0 Å². The molecule has 2 atom stereocenters. The first-order valence-electron chi connectivity index (χ1n) is 13.1. The van der Waals surface area contributed by atoms with Gasteiger partial charge in [0, 0.05) is 46.4 Å².